The van der Waals surface area contributed by atoms with E-state index in [1.165, 1.54) is 0 Å². The molecule has 0 bridgehead atoms. The normalized spacial score (nSPS) is 11.4. The van der Waals surface area contributed by atoms with Gasteiger partial charge in [-0.1, -0.05) is 120 Å². The molecule has 0 spiro atoms. The molecule has 2 heterocycles. The smallest absolute Gasteiger partial charge is 0.268 e. The first-order valence-corrected chi connectivity index (χ1v) is 14.9. The van der Waals surface area contributed by atoms with Crippen molar-refractivity contribution in [3.8, 4) is 28.3 Å². The molecule has 0 aliphatic heterocycles. The van der Waals surface area contributed by atoms with Crippen LogP contribution in [0.2, 0.25) is 0 Å². The van der Waals surface area contributed by atoms with Gasteiger partial charge in [-0.25, -0.2) is 0 Å². The standard InChI is InChI=1S/C38H32N4O3/c1-23-14-18-26(19-15-23)35-33(37(43)41-39-35)32(34-36(40-42-38(34)44)27-20-16-24(2)17-21-27)30-12-5-6-13-31(30)45-22-28-10-7-9-25-8-3-4-11-29(25)28/h3-21,32H,22H2,1-2H3,(H2,39,41,43)(H2,40,42,44). The molecule has 0 fully saturated rings. The highest BCUT2D eigenvalue weighted by molar-refractivity contribution is 5.85. The number of H-pyrrole nitrogens is 4. The van der Waals surface area contributed by atoms with Gasteiger partial charge < -0.3 is 4.74 Å². The second-order valence-corrected chi connectivity index (χ2v) is 11.4. The van der Waals surface area contributed by atoms with Crippen LogP contribution in [0.15, 0.2) is 125 Å². The van der Waals surface area contributed by atoms with Crippen LogP contribution in [0.1, 0.15) is 39.3 Å². The summed E-state index contributed by atoms with van der Waals surface area (Å²) in [6.07, 6.45) is 0. The van der Waals surface area contributed by atoms with Crippen molar-refractivity contribution in [3.63, 3.8) is 0 Å². The summed E-state index contributed by atoms with van der Waals surface area (Å²) in [5, 5.41) is 14.1. The van der Waals surface area contributed by atoms with Crippen LogP contribution in [-0.4, -0.2) is 20.4 Å². The van der Waals surface area contributed by atoms with Gasteiger partial charge in [-0.3, -0.25) is 30.0 Å². The van der Waals surface area contributed by atoms with Crippen molar-refractivity contribution in [2.75, 3.05) is 0 Å². The minimum absolute atomic E-state index is 0.310. The SMILES string of the molecule is Cc1ccc(-c2[nH][nH]c(=O)c2C(c2ccccc2OCc2cccc3ccccc23)c2c(-c3ccc(C)cc3)[nH][nH]c2=O)cc1. The predicted molar refractivity (Wildman–Crippen MR) is 179 cm³/mol. The highest BCUT2D eigenvalue weighted by Crippen LogP contribution is 2.41. The van der Waals surface area contributed by atoms with Crippen molar-refractivity contribution in [3.05, 3.63) is 169 Å². The number of aromatic amines is 4. The third-order valence-electron chi connectivity index (χ3n) is 8.38. The number of benzene rings is 5. The maximum Gasteiger partial charge on any atom is 0.268 e. The van der Waals surface area contributed by atoms with Gasteiger partial charge in [-0.05, 0) is 47.4 Å². The highest BCUT2D eigenvalue weighted by atomic mass is 16.5. The number of fused-ring (bicyclic) bond motifs is 1. The van der Waals surface area contributed by atoms with Crippen molar-refractivity contribution in [2.45, 2.75) is 26.4 Å². The minimum atomic E-state index is -0.772. The van der Waals surface area contributed by atoms with Gasteiger partial charge in [0, 0.05) is 5.56 Å². The summed E-state index contributed by atoms with van der Waals surface area (Å²) in [4.78, 5) is 27.6. The maximum atomic E-state index is 13.8. The molecule has 7 rings (SSSR count). The summed E-state index contributed by atoms with van der Waals surface area (Å²) in [5.41, 5.74) is 7.08. The van der Waals surface area contributed by atoms with Crippen LogP contribution in [0.4, 0.5) is 0 Å². The van der Waals surface area contributed by atoms with E-state index in [9.17, 15) is 9.59 Å². The molecular weight excluding hydrogens is 560 g/mol. The number of aryl methyl sites for hydroxylation is 2. The van der Waals surface area contributed by atoms with E-state index in [2.05, 4.69) is 44.7 Å². The Kier molecular flexibility index (Phi) is 7.27. The second kappa shape index (κ2) is 11.7. The number of rotatable bonds is 8. The Hall–Kier alpha value is -5.82. The fraction of sp³-hybridized carbons (Fsp3) is 0.105. The molecular formula is C38H32N4O3. The zero-order valence-corrected chi connectivity index (χ0v) is 25.0. The third kappa shape index (κ3) is 5.29. The lowest BCUT2D eigenvalue weighted by Gasteiger charge is -2.21. The lowest BCUT2D eigenvalue weighted by Crippen LogP contribution is -2.20. The van der Waals surface area contributed by atoms with E-state index in [1.54, 1.807) is 0 Å². The van der Waals surface area contributed by atoms with Gasteiger partial charge in [0.2, 0.25) is 0 Å². The van der Waals surface area contributed by atoms with Crippen LogP contribution >= 0.6 is 0 Å². The molecule has 5 aromatic carbocycles. The number of ether oxygens (including phenoxy) is 1. The minimum Gasteiger partial charge on any atom is -0.489 e. The molecule has 7 heteroatoms. The van der Waals surface area contributed by atoms with Crippen LogP contribution in [0.5, 0.6) is 5.75 Å². The first-order chi connectivity index (χ1) is 22.0. The van der Waals surface area contributed by atoms with Gasteiger partial charge in [0.25, 0.3) is 11.1 Å². The molecule has 0 radical (unpaired) electrons. The van der Waals surface area contributed by atoms with Crippen LogP contribution in [0.25, 0.3) is 33.3 Å². The van der Waals surface area contributed by atoms with Gasteiger partial charge in [0.15, 0.2) is 0 Å². The lowest BCUT2D eigenvalue weighted by molar-refractivity contribution is 0.304. The topological polar surface area (TPSA) is 107 Å². The van der Waals surface area contributed by atoms with Gasteiger partial charge in [-0.15, -0.1) is 0 Å². The van der Waals surface area contributed by atoms with Gasteiger partial charge in [0.1, 0.15) is 12.4 Å². The highest BCUT2D eigenvalue weighted by Gasteiger charge is 2.33. The predicted octanol–water partition coefficient (Wildman–Crippen LogP) is 7.58. The maximum absolute atomic E-state index is 13.8. The number of nitrogens with one attached hydrogen (secondary N) is 4. The number of aromatic nitrogens is 4. The van der Waals surface area contributed by atoms with E-state index in [0.29, 0.717) is 40.4 Å². The molecule has 0 atom stereocenters. The molecule has 0 saturated carbocycles. The molecule has 7 nitrogen and oxygen atoms in total. The Labute approximate surface area is 259 Å². The van der Waals surface area contributed by atoms with E-state index in [-0.39, 0.29) is 11.1 Å². The van der Waals surface area contributed by atoms with E-state index in [1.807, 2.05) is 105 Å². The molecule has 0 amide bonds. The zero-order valence-electron chi connectivity index (χ0n) is 25.0. The van der Waals surface area contributed by atoms with Crippen LogP contribution in [0.3, 0.4) is 0 Å². The Morgan fingerprint density at radius 1 is 0.578 bits per heavy atom. The summed E-state index contributed by atoms with van der Waals surface area (Å²) in [6, 6.07) is 37.9. The molecule has 2 aromatic heterocycles. The lowest BCUT2D eigenvalue weighted by atomic mass is 9.82. The quantitative estimate of drug-likeness (QED) is 0.146. The van der Waals surface area contributed by atoms with Crippen molar-refractivity contribution < 1.29 is 4.74 Å². The summed E-state index contributed by atoms with van der Waals surface area (Å²) in [5.74, 6) is -0.187. The van der Waals surface area contributed by atoms with Crippen LogP contribution < -0.4 is 15.9 Å². The largest absolute Gasteiger partial charge is 0.489 e. The first kappa shape index (κ1) is 28.0. The number of hydrogen-bond acceptors (Lipinski definition) is 3. The molecule has 4 N–H and O–H groups in total. The molecule has 0 aliphatic rings. The number of para-hydroxylation sites is 1. The first-order valence-electron chi connectivity index (χ1n) is 14.9. The Morgan fingerprint density at radius 3 is 1.73 bits per heavy atom. The second-order valence-electron chi connectivity index (χ2n) is 11.4. The van der Waals surface area contributed by atoms with Crippen molar-refractivity contribution in [1.82, 2.24) is 20.4 Å². The van der Waals surface area contributed by atoms with E-state index < -0.39 is 5.92 Å². The van der Waals surface area contributed by atoms with Crippen LogP contribution in [-0.2, 0) is 6.61 Å². The zero-order chi connectivity index (χ0) is 30.9. The molecule has 45 heavy (non-hydrogen) atoms. The monoisotopic (exact) mass is 592 g/mol. The molecule has 0 unspecified atom stereocenters. The fourth-order valence-corrected chi connectivity index (χ4v) is 6.06. The van der Waals surface area contributed by atoms with Crippen molar-refractivity contribution in [1.29, 1.82) is 0 Å². The summed E-state index contributed by atoms with van der Waals surface area (Å²) in [7, 11) is 0. The molecule has 0 saturated heterocycles. The average molecular weight is 593 g/mol. The third-order valence-corrected chi connectivity index (χ3v) is 8.38. The van der Waals surface area contributed by atoms with Gasteiger partial charge >= 0.3 is 0 Å². The Morgan fingerprint density at radius 2 is 1.11 bits per heavy atom. The molecule has 0 aliphatic carbocycles. The summed E-state index contributed by atoms with van der Waals surface area (Å²) < 4.78 is 6.57. The van der Waals surface area contributed by atoms with Crippen molar-refractivity contribution in [2.24, 2.45) is 0 Å². The van der Waals surface area contributed by atoms with E-state index >= 15 is 0 Å². The molecule has 7 aromatic rings. The summed E-state index contributed by atoms with van der Waals surface area (Å²) in [6.45, 7) is 4.35. The molecule has 222 valence electrons. The number of hydrogen-bond donors (Lipinski definition) is 4. The summed E-state index contributed by atoms with van der Waals surface area (Å²) >= 11 is 0. The Balaban J connectivity index is 1.42. The Bertz CT molecular complexity index is 2130. The van der Waals surface area contributed by atoms with Crippen molar-refractivity contribution >= 4 is 10.8 Å². The van der Waals surface area contributed by atoms with E-state index in [0.717, 1.165) is 38.6 Å². The van der Waals surface area contributed by atoms with E-state index in [4.69, 9.17) is 4.74 Å². The fourth-order valence-electron chi connectivity index (χ4n) is 6.06. The van der Waals surface area contributed by atoms with Crippen LogP contribution in [0, 0.1) is 13.8 Å². The van der Waals surface area contributed by atoms with Gasteiger partial charge in [0.05, 0.1) is 28.4 Å². The average Bonchev–Trinajstić information content (AvgIpc) is 3.64. The van der Waals surface area contributed by atoms with Gasteiger partial charge in [-0.2, -0.15) is 0 Å².